The van der Waals surface area contributed by atoms with Gasteiger partial charge in [-0.25, -0.2) is 4.98 Å². The zero-order valence-electron chi connectivity index (χ0n) is 50.5. The normalized spacial score (nSPS) is 13.1. The van der Waals surface area contributed by atoms with E-state index < -0.39 is 155 Å². The zero-order chi connectivity index (χ0) is 73.5. The monoisotopic (exact) mass is 1430 g/mol. The van der Waals surface area contributed by atoms with E-state index in [-0.39, 0.29) is 84.8 Å². The summed E-state index contributed by atoms with van der Waals surface area (Å²) in [6.07, 6.45) is -43.5. The number of hydrogen-bond acceptors (Lipinski definition) is 2. The molecule has 0 bridgehead atoms. The van der Waals surface area contributed by atoms with Crippen molar-refractivity contribution in [2.45, 2.75) is 49.4 Å². The minimum atomic E-state index is -5.53. The highest BCUT2D eigenvalue weighted by atomic mass is 19.4. The van der Waals surface area contributed by atoms with E-state index in [0.29, 0.717) is 54.1 Å². The van der Waals surface area contributed by atoms with Gasteiger partial charge in [0.15, 0.2) is 0 Å². The summed E-state index contributed by atoms with van der Waals surface area (Å²) in [5.41, 5.74) is -22.3. The summed E-state index contributed by atoms with van der Waals surface area (Å²) < 4.78 is 354. The van der Waals surface area contributed by atoms with E-state index in [9.17, 15) is 57.9 Å². The molecule has 0 aliphatic heterocycles. The van der Waals surface area contributed by atoms with Crippen LogP contribution in [-0.2, 0) is 49.4 Å². The molecule has 0 aliphatic carbocycles. The third-order valence-corrected chi connectivity index (χ3v) is 17.2. The van der Waals surface area contributed by atoms with Crippen LogP contribution in [0.4, 0.5) is 105 Å². The number of hydrogen-bond donors (Lipinski definition) is 0. The molecule has 0 unspecified atom stereocenters. The van der Waals surface area contributed by atoms with E-state index in [1.807, 2.05) is 6.07 Å². The highest BCUT2D eigenvalue weighted by molar-refractivity contribution is 6.13. The third-order valence-electron chi connectivity index (χ3n) is 17.2. The zero-order valence-corrected chi connectivity index (χ0v) is 50.5. The van der Waals surface area contributed by atoms with Crippen molar-refractivity contribution < 1.29 is 105 Å². The van der Waals surface area contributed by atoms with Crippen molar-refractivity contribution in [3.8, 4) is 84.5 Å². The molecule has 0 radical (unpaired) electrons. The summed E-state index contributed by atoms with van der Waals surface area (Å²) >= 11 is 0. The Kier molecular flexibility index (Phi) is 16.3. The Bertz CT molecular complexity index is 5030. The molecule has 4 nitrogen and oxygen atoms in total. The highest BCUT2D eigenvalue weighted by Crippen LogP contribution is 2.50. The van der Waals surface area contributed by atoms with Gasteiger partial charge in [-0.2, -0.15) is 111 Å². The van der Waals surface area contributed by atoms with Crippen LogP contribution in [0, 0.1) is 11.3 Å². The standard InChI is InChI=1S/C74H34F24N4/c75-67(76,77)42-13-21-46(55(31-42)71(87,88)89)37-9-17-50-51-18-10-38(47-22-14-43(68(78,79)80)32-56(47)72(90,91)92)26-62(51)101(61(50)25-37)65-29-41(60-8-4-7-59(100-60)36-5-2-1-3-6-36)30-66(54(65)35-99)102-63-27-39(48-23-15-44(69(81,82)83)33-57(48)73(93,94)95)11-19-52(63)53-20-12-40(28-64(53)102)49-24-16-45(70(84,85)86)34-58(49)74(96,97)98/h1-34H. The van der Waals surface area contributed by atoms with Gasteiger partial charge in [0.2, 0.25) is 0 Å². The van der Waals surface area contributed by atoms with Crippen LogP contribution in [0.1, 0.15) is 50.1 Å². The number of benzene rings is 10. The van der Waals surface area contributed by atoms with E-state index in [4.69, 9.17) is 4.98 Å². The third kappa shape index (κ3) is 12.6. The average molecular weight is 1440 g/mol. The van der Waals surface area contributed by atoms with Gasteiger partial charge in [0, 0.05) is 32.7 Å². The second kappa shape index (κ2) is 24.0. The summed E-state index contributed by atoms with van der Waals surface area (Å²) in [6.45, 7) is 0. The van der Waals surface area contributed by atoms with E-state index in [1.165, 1.54) is 30.3 Å². The van der Waals surface area contributed by atoms with E-state index in [0.717, 1.165) is 81.9 Å². The van der Waals surface area contributed by atoms with Crippen molar-refractivity contribution in [2.24, 2.45) is 0 Å². The fraction of sp³-hybridized carbons (Fsp3) is 0.108. The summed E-state index contributed by atoms with van der Waals surface area (Å²) in [5, 5.41) is 11.8. The minimum Gasteiger partial charge on any atom is -0.308 e. The Morgan fingerprint density at radius 1 is 0.255 bits per heavy atom. The van der Waals surface area contributed by atoms with Gasteiger partial charge < -0.3 is 9.13 Å². The first-order valence-corrected chi connectivity index (χ1v) is 29.5. The molecule has 0 saturated heterocycles. The second-order valence-corrected chi connectivity index (χ2v) is 23.4. The van der Waals surface area contributed by atoms with Crippen LogP contribution in [0.25, 0.3) is 122 Å². The molecule has 10 aromatic carbocycles. The molecule has 13 rings (SSSR count). The Morgan fingerprint density at radius 3 is 0.784 bits per heavy atom. The molecule has 518 valence electrons. The van der Waals surface area contributed by atoms with Crippen molar-refractivity contribution >= 4 is 43.6 Å². The summed E-state index contributed by atoms with van der Waals surface area (Å²) in [7, 11) is 0. The molecule has 0 amide bonds. The number of aromatic nitrogens is 3. The van der Waals surface area contributed by atoms with Gasteiger partial charge in [-0.3, -0.25) is 0 Å². The number of halogens is 24. The lowest BCUT2D eigenvalue weighted by atomic mass is 9.95. The Hall–Kier alpha value is -11.2. The second-order valence-electron chi connectivity index (χ2n) is 23.4. The smallest absolute Gasteiger partial charge is 0.308 e. The van der Waals surface area contributed by atoms with Crippen LogP contribution in [0.3, 0.4) is 0 Å². The van der Waals surface area contributed by atoms with Crippen LogP contribution in [0.15, 0.2) is 206 Å². The van der Waals surface area contributed by atoms with Crippen molar-refractivity contribution in [3.63, 3.8) is 0 Å². The van der Waals surface area contributed by atoms with E-state index >= 15 is 52.7 Å². The molecule has 0 N–H and O–H groups in total. The summed E-state index contributed by atoms with van der Waals surface area (Å²) in [6, 6.07) is 32.5. The highest BCUT2D eigenvalue weighted by Gasteiger charge is 2.43. The Balaban J connectivity index is 1.21. The molecular weight excluding hydrogens is 1400 g/mol. The summed E-state index contributed by atoms with van der Waals surface area (Å²) in [4.78, 5) is 4.86. The van der Waals surface area contributed by atoms with Crippen LogP contribution < -0.4 is 0 Å². The molecule has 0 saturated carbocycles. The largest absolute Gasteiger partial charge is 0.417 e. The fourth-order valence-electron chi connectivity index (χ4n) is 12.6. The topological polar surface area (TPSA) is 46.5 Å². The summed E-state index contributed by atoms with van der Waals surface area (Å²) in [5.74, 6) is 0. The maximum Gasteiger partial charge on any atom is 0.417 e. The van der Waals surface area contributed by atoms with Gasteiger partial charge >= 0.3 is 49.4 Å². The first-order valence-electron chi connectivity index (χ1n) is 29.5. The minimum absolute atomic E-state index is 0.0514. The lowest BCUT2D eigenvalue weighted by Gasteiger charge is -2.20. The number of nitrogens with zero attached hydrogens (tertiary/aromatic N) is 4. The fourth-order valence-corrected chi connectivity index (χ4v) is 12.6. The van der Waals surface area contributed by atoms with Gasteiger partial charge in [-0.05, 0) is 142 Å². The van der Waals surface area contributed by atoms with Crippen molar-refractivity contribution in [1.29, 1.82) is 5.26 Å². The molecule has 0 spiro atoms. The Labute approximate surface area is 556 Å². The number of nitriles is 1. The van der Waals surface area contributed by atoms with Crippen LogP contribution >= 0.6 is 0 Å². The SMILES string of the molecule is N#Cc1c(-n2c3cc(-c4ccc(C(F)(F)F)cc4C(F)(F)F)ccc3c3ccc(-c4ccc(C(F)(F)F)cc4C(F)(F)F)cc32)cc(-c2cccc(-c3ccccc3)n2)cc1-n1c2cc(-c3ccc(C(F)(F)F)cc3C(F)(F)F)ccc2c2ccc(-c3ccc(C(F)(F)F)cc3C(F)(F)F)cc21. The van der Waals surface area contributed by atoms with Crippen molar-refractivity contribution in [3.05, 3.63) is 256 Å². The quantitative estimate of drug-likeness (QED) is 0.142. The molecule has 102 heavy (non-hydrogen) atoms. The van der Waals surface area contributed by atoms with Gasteiger partial charge in [0.05, 0.1) is 89.3 Å². The predicted molar refractivity (Wildman–Crippen MR) is 330 cm³/mol. The average Bonchev–Trinajstić information content (AvgIpc) is 1.55. The molecule has 3 heterocycles. The molecule has 13 aromatic rings. The van der Waals surface area contributed by atoms with E-state index in [1.54, 1.807) is 30.3 Å². The molecule has 0 fully saturated rings. The number of rotatable bonds is 8. The molecule has 3 aromatic heterocycles. The van der Waals surface area contributed by atoms with Gasteiger partial charge in [-0.1, -0.05) is 109 Å². The Morgan fingerprint density at radius 2 is 0.529 bits per heavy atom. The van der Waals surface area contributed by atoms with Crippen molar-refractivity contribution in [2.75, 3.05) is 0 Å². The van der Waals surface area contributed by atoms with Crippen LogP contribution in [0.2, 0.25) is 0 Å². The molecule has 0 aliphatic rings. The molecular formula is C74H34F24N4. The first kappa shape index (κ1) is 69.2. The van der Waals surface area contributed by atoms with Gasteiger partial charge in [-0.15, -0.1) is 0 Å². The number of fused-ring (bicyclic) bond motifs is 6. The van der Waals surface area contributed by atoms with Crippen LogP contribution in [0.5, 0.6) is 0 Å². The first-order chi connectivity index (χ1) is 47.6. The maximum absolute atomic E-state index is 15.1. The predicted octanol–water partition coefficient (Wildman–Crippen LogP) is 25.3. The maximum atomic E-state index is 15.1. The number of alkyl halides is 24. The van der Waals surface area contributed by atoms with Crippen LogP contribution in [-0.4, -0.2) is 14.1 Å². The van der Waals surface area contributed by atoms with Gasteiger partial charge in [0.25, 0.3) is 0 Å². The van der Waals surface area contributed by atoms with E-state index in [2.05, 4.69) is 0 Å². The lowest BCUT2D eigenvalue weighted by molar-refractivity contribution is -0.144. The van der Waals surface area contributed by atoms with Crippen molar-refractivity contribution in [1.82, 2.24) is 14.1 Å². The molecule has 0 atom stereocenters. The van der Waals surface area contributed by atoms with Gasteiger partial charge in [0.1, 0.15) is 11.6 Å². The lowest BCUT2D eigenvalue weighted by Crippen LogP contribution is -2.12. The number of pyridine rings is 1. The molecule has 28 heteroatoms.